The topological polar surface area (TPSA) is 96.1 Å². The van der Waals surface area contributed by atoms with Crippen molar-refractivity contribution in [1.82, 2.24) is 9.97 Å². The fourth-order valence-electron chi connectivity index (χ4n) is 3.17. The molecule has 2 aromatic carbocycles. The van der Waals surface area contributed by atoms with Gasteiger partial charge in [0.25, 0.3) is 0 Å². The first-order valence-corrected chi connectivity index (χ1v) is 10.2. The average Bonchev–Trinajstić information content (AvgIpc) is 3.27. The summed E-state index contributed by atoms with van der Waals surface area (Å²) in [5.41, 5.74) is 3.41. The highest BCUT2D eigenvalue weighted by atomic mass is 19.1. The van der Waals surface area contributed by atoms with E-state index in [-0.39, 0.29) is 17.2 Å². The van der Waals surface area contributed by atoms with Crippen LogP contribution in [0.25, 0.3) is 11.4 Å². The Morgan fingerprint density at radius 3 is 2.55 bits per heavy atom. The number of amides is 2. The minimum Gasteiger partial charge on any atom is -0.457 e. The maximum Gasteiger partial charge on any atom is 0.323 e. The summed E-state index contributed by atoms with van der Waals surface area (Å²) in [7, 11) is 0. The molecule has 0 saturated carbocycles. The predicted octanol–water partition coefficient (Wildman–Crippen LogP) is 6.16. The molecule has 0 aliphatic heterocycles. The van der Waals surface area contributed by atoms with E-state index in [1.165, 1.54) is 19.1 Å². The van der Waals surface area contributed by atoms with Gasteiger partial charge in [0, 0.05) is 35.8 Å². The molecule has 7 nitrogen and oxygen atoms in total. The SMILES string of the molecule is CC(=O)c1c[nH]c(-c2cc(Oc3ccc(NC(=O)Nc4cccc(C)c4)c(F)c3)ccn2)c1. The third kappa shape index (κ3) is 5.43. The lowest BCUT2D eigenvalue weighted by Crippen LogP contribution is -2.20. The number of aryl methyl sites for hydroxylation is 1. The van der Waals surface area contributed by atoms with Gasteiger partial charge in [0.1, 0.15) is 17.3 Å². The molecule has 2 aromatic heterocycles. The molecule has 0 saturated heterocycles. The molecule has 4 aromatic rings. The van der Waals surface area contributed by atoms with Crippen molar-refractivity contribution < 1.29 is 18.7 Å². The predicted molar refractivity (Wildman–Crippen MR) is 124 cm³/mol. The number of hydrogen-bond acceptors (Lipinski definition) is 4. The van der Waals surface area contributed by atoms with E-state index in [9.17, 15) is 14.0 Å². The summed E-state index contributed by atoms with van der Waals surface area (Å²) in [6.45, 7) is 3.40. The minimum atomic E-state index is -0.642. The maximum absolute atomic E-state index is 14.6. The molecule has 33 heavy (non-hydrogen) atoms. The first-order valence-electron chi connectivity index (χ1n) is 10.2. The molecule has 0 aliphatic rings. The highest BCUT2D eigenvalue weighted by Gasteiger charge is 2.11. The molecule has 0 aliphatic carbocycles. The van der Waals surface area contributed by atoms with Crippen molar-refractivity contribution in [3.63, 3.8) is 0 Å². The molecule has 0 spiro atoms. The number of carbonyl (C=O) groups is 2. The first kappa shape index (κ1) is 21.8. The van der Waals surface area contributed by atoms with Crippen LogP contribution < -0.4 is 15.4 Å². The molecule has 3 N–H and O–H groups in total. The number of rotatable bonds is 6. The number of ether oxygens (including phenoxy) is 1. The van der Waals surface area contributed by atoms with Crippen LogP contribution in [0.4, 0.5) is 20.6 Å². The fraction of sp³-hybridized carbons (Fsp3) is 0.0800. The number of urea groups is 1. The molecule has 0 fully saturated rings. The molecule has 0 unspecified atom stereocenters. The minimum absolute atomic E-state index is 0.0195. The smallest absolute Gasteiger partial charge is 0.323 e. The van der Waals surface area contributed by atoms with Gasteiger partial charge in [-0.3, -0.25) is 9.78 Å². The number of hydrogen-bond donors (Lipinski definition) is 3. The Labute approximate surface area is 189 Å². The number of nitrogens with one attached hydrogen (secondary N) is 3. The van der Waals surface area contributed by atoms with Crippen molar-refractivity contribution in [2.45, 2.75) is 13.8 Å². The Morgan fingerprint density at radius 1 is 1.00 bits per heavy atom. The van der Waals surface area contributed by atoms with Crippen LogP contribution in [0.5, 0.6) is 11.5 Å². The zero-order valence-corrected chi connectivity index (χ0v) is 18.0. The Morgan fingerprint density at radius 2 is 1.82 bits per heavy atom. The Balaban J connectivity index is 1.44. The van der Waals surface area contributed by atoms with Crippen LogP contribution >= 0.6 is 0 Å². The van der Waals surface area contributed by atoms with Gasteiger partial charge in [0.2, 0.25) is 0 Å². The lowest BCUT2D eigenvalue weighted by molar-refractivity contribution is 0.101. The van der Waals surface area contributed by atoms with Crippen LogP contribution in [0, 0.1) is 12.7 Å². The number of aromatic nitrogens is 2. The van der Waals surface area contributed by atoms with Crippen LogP contribution in [0.1, 0.15) is 22.8 Å². The third-order valence-corrected chi connectivity index (χ3v) is 4.80. The van der Waals surface area contributed by atoms with E-state index in [0.29, 0.717) is 28.4 Å². The van der Waals surface area contributed by atoms with Gasteiger partial charge in [-0.1, -0.05) is 12.1 Å². The van der Waals surface area contributed by atoms with Gasteiger partial charge in [-0.15, -0.1) is 0 Å². The summed E-state index contributed by atoms with van der Waals surface area (Å²) in [5.74, 6) is -0.000222. The van der Waals surface area contributed by atoms with E-state index in [4.69, 9.17) is 4.74 Å². The number of Topliss-reactive ketones (excluding diaryl/α,β-unsaturated/α-hetero) is 1. The first-order chi connectivity index (χ1) is 15.9. The van der Waals surface area contributed by atoms with Gasteiger partial charge in [0.05, 0.1) is 17.1 Å². The molecule has 4 rings (SSSR count). The number of benzene rings is 2. The van der Waals surface area contributed by atoms with E-state index < -0.39 is 11.8 Å². The summed E-state index contributed by atoms with van der Waals surface area (Å²) < 4.78 is 20.3. The Bertz CT molecular complexity index is 1330. The average molecular weight is 444 g/mol. The second-order valence-electron chi connectivity index (χ2n) is 7.43. The lowest BCUT2D eigenvalue weighted by atomic mass is 10.2. The summed E-state index contributed by atoms with van der Waals surface area (Å²) >= 11 is 0. The molecular formula is C25H21FN4O3. The summed E-state index contributed by atoms with van der Waals surface area (Å²) in [6, 6.07) is 15.9. The van der Waals surface area contributed by atoms with Gasteiger partial charge < -0.3 is 20.4 Å². The zero-order valence-electron chi connectivity index (χ0n) is 18.0. The standard InChI is InChI=1S/C25H21FN4O3/c1-15-4-3-5-18(10-15)29-25(32)30-22-7-6-19(12-21(22)26)33-20-8-9-27-24(13-20)23-11-17(14-28-23)16(2)31/h3-14,28H,1-2H3,(H2,29,30,32). The van der Waals surface area contributed by atoms with E-state index >= 15 is 0 Å². The van der Waals surface area contributed by atoms with Crippen LogP contribution in [-0.2, 0) is 0 Å². The fourth-order valence-corrected chi connectivity index (χ4v) is 3.17. The zero-order chi connectivity index (χ0) is 23.4. The number of carbonyl (C=O) groups excluding carboxylic acids is 2. The molecule has 0 radical (unpaired) electrons. The highest BCUT2D eigenvalue weighted by Crippen LogP contribution is 2.28. The second-order valence-corrected chi connectivity index (χ2v) is 7.43. The molecule has 2 amide bonds. The molecule has 2 heterocycles. The van der Waals surface area contributed by atoms with E-state index in [0.717, 1.165) is 5.56 Å². The number of pyridine rings is 1. The Kier molecular flexibility index (Phi) is 6.17. The van der Waals surface area contributed by atoms with Crippen LogP contribution in [0.15, 0.2) is 73.1 Å². The van der Waals surface area contributed by atoms with Crippen molar-refractivity contribution in [2.24, 2.45) is 0 Å². The number of nitrogens with zero attached hydrogens (tertiary/aromatic N) is 1. The van der Waals surface area contributed by atoms with Crippen LogP contribution in [-0.4, -0.2) is 21.8 Å². The van der Waals surface area contributed by atoms with Gasteiger partial charge in [-0.25, -0.2) is 9.18 Å². The van der Waals surface area contributed by atoms with Crippen molar-refractivity contribution in [3.05, 3.63) is 90.0 Å². The largest absolute Gasteiger partial charge is 0.457 e. The number of H-pyrrole nitrogens is 1. The number of aromatic amines is 1. The highest BCUT2D eigenvalue weighted by molar-refractivity contribution is 6.00. The van der Waals surface area contributed by atoms with E-state index in [1.54, 1.807) is 42.7 Å². The van der Waals surface area contributed by atoms with Crippen molar-refractivity contribution in [2.75, 3.05) is 10.6 Å². The summed E-state index contributed by atoms with van der Waals surface area (Å²) in [5, 5.41) is 5.15. The third-order valence-electron chi connectivity index (χ3n) is 4.80. The summed E-state index contributed by atoms with van der Waals surface area (Å²) in [4.78, 5) is 31.0. The van der Waals surface area contributed by atoms with Gasteiger partial charge in [-0.05, 0) is 55.8 Å². The van der Waals surface area contributed by atoms with Gasteiger partial charge in [0.15, 0.2) is 5.78 Å². The monoisotopic (exact) mass is 444 g/mol. The Hall–Kier alpha value is -4.46. The quantitative estimate of drug-likeness (QED) is 0.310. The van der Waals surface area contributed by atoms with E-state index in [2.05, 4.69) is 20.6 Å². The molecule has 0 bridgehead atoms. The van der Waals surface area contributed by atoms with Gasteiger partial charge >= 0.3 is 6.03 Å². The normalized spacial score (nSPS) is 10.5. The second kappa shape index (κ2) is 9.35. The van der Waals surface area contributed by atoms with Crippen molar-refractivity contribution in [1.29, 1.82) is 0 Å². The van der Waals surface area contributed by atoms with Crippen LogP contribution in [0.2, 0.25) is 0 Å². The van der Waals surface area contributed by atoms with Gasteiger partial charge in [-0.2, -0.15) is 0 Å². The molecular weight excluding hydrogens is 423 g/mol. The molecule has 0 atom stereocenters. The van der Waals surface area contributed by atoms with Crippen molar-refractivity contribution >= 4 is 23.2 Å². The van der Waals surface area contributed by atoms with Crippen LogP contribution in [0.3, 0.4) is 0 Å². The van der Waals surface area contributed by atoms with Crippen molar-refractivity contribution in [3.8, 4) is 22.9 Å². The summed E-state index contributed by atoms with van der Waals surface area (Å²) in [6.07, 6.45) is 3.17. The number of anilines is 2. The number of halogens is 1. The maximum atomic E-state index is 14.6. The van der Waals surface area contributed by atoms with E-state index in [1.807, 2.05) is 25.1 Å². The lowest BCUT2D eigenvalue weighted by Gasteiger charge is -2.11. The molecule has 166 valence electrons. The molecule has 8 heteroatoms. The number of ketones is 1.